The van der Waals surface area contributed by atoms with E-state index in [1.165, 1.54) is 4.31 Å². The molecule has 0 radical (unpaired) electrons. The first-order valence-corrected chi connectivity index (χ1v) is 7.31. The Labute approximate surface area is 98.2 Å². The van der Waals surface area contributed by atoms with E-state index >= 15 is 0 Å². The molecule has 1 heterocycles. The number of unbranched alkanes of at least 4 members (excludes halogenated alkanes) is 2. The van der Waals surface area contributed by atoms with Crippen LogP contribution in [0.5, 0.6) is 0 Å². The van der Waals surface area contributed by atoms with Gasteiger partial charge in [-0.2, -0.15) is 17.0 Å². The molecule has 1 N–H and O–H groups in total. The Morgan fingerprint density at radius 2 is 1.81 bits per heavy atom. The van der Waals surface area contributed by atoms with Crippen molar-refractivity contribution in [3.63, 3.8) is 0 Å². The molecule has 1 rings (SSSR count). The molecule has 0 bridgehead atoms. The van der Waals surface area contributed by atoms with Gasteiger partial charge in [-0.25, -0.2) is 0 Å². The second kappa shape index (κ2) is 6.54. The highest BCUT2D eigenvalue weighted by atomic mass is 32.2. The van der Waals surface area contributed by atoms with Gasteiger partial charge in [0.2, 0.25) is 0 Å². The summed E-state index contributed by atoms with van der Waals surface area (Å²) in [6.45, 7) is 2.04. The van der Waals surface area contributed by atoms with Crippen molar-refractivity contribution in [1.29, 1.82) is 0 Å². The molecule has 16 heavy (non-hydrogen) atoms. The largest absolute Gasteiger partial charge is 0.396 e. The molecule has 0 unspecified atom stereocenters. The summed E-state index contributed by atoms with van der Waals surface area (Å²) in [4.78, 5) is 0. The maximum absolute atomic E-state index is 12.0. The van der Waals surface area contributed by atoms with Crippen LogP contribution in [0, 0.1) is 0 Å². The summed E-state index contributed by atoms with van der Waals surface area (Å²) in [5.41, 5.74) is 0. The van der Waals surface area contributed by atoms with Gasteiger partial charge in [-0.3, -0.25) is 0 Å². The van der Waals surface area contributed by atoms with E-state index in [1.54, 1.807) is 11.4 Å². The Kier molecular flexibility index (Phi) is 5.68. The van der Waals surface area contributed by atoms with E-state index in [9.17, 15) is 8.42 Å². The van der Waals surface area contributed by atoms with E-state index < -0.39 is 10.2 Å². The zero-order valence-electron chi connectivity index (χ0n) is 9.93. The summed E-state index contributed by atoms with van der Waals surface area (Å²) in [5.74, 6) is 0. The number of aliphatic hydroxyl groups excluding tert-OH is 1. The van der Waals surface area contributed by atoms with Crippen LogP contribution in [0.1, 0.15) is 32.1 Å². The minimum atomic E-state index is -3.22. The van der Waals surface area contributed by atoms with E-state index in [2.05, 4.69) is 0 Å². The minimum absolute atomic E-state index is 0.183. The van der Waals surface area contributed by atoms with Crippen molar-refractivity contribution in [2.75, 3.05) is 33.3 Å². The average molecular weight is 250 g/mol. The lowest BCUT2D eigenvalue weighted by atomic mass is 10.2. The quantitative estimate of drug-likeness (QED) is 0.666. The molecule has 1 aliphatic rings. The predicted molar refractivity (Wildman–Crippen MR) is 63.3 cm³/mol. The Hall–Kier alpha value is -0.170. The third kappa shape index (κ3) is 3.69. The monoisotopic (exact) mass is 250 g/mol. The van der Waals surface area contributed by atoms with E-state index in [1.807, 2.05) is 0 Å². The summed E-state index contributed by atoms with van der Waals surface area (Å²) in [7, 11) is -1.59. The normalized spacial score (nSPS) is 18.4. The van der Waals surface area contributed by atoms with E-state index in [-0.39, 0.29) is 6.61 Å². The molecular formula is C10H22N2O3S. The Morgan fingerprint density at radius 3 is 2.38 bits per heavy atom. The van der Waals surface area contributed by atoms with Crippen molar-refractivity contribution in [1.82, 2.24) is 8.61 Å². The second-order valence-corrected chi connectivity index (χ2v) is 6.26. The van der Waals surface area contributed by atoms with Crippen LogP contribution in [0.15, 0.2) is 0 Å². The summed E-state index contributed by atoms with van der Waals surface area (Å²) >= 11 is 0. The molecule has 0 aliphatic carbocycles. The van der Waals surface area contributed by atoms with Crippen molar-refractivity contribution in [3.8, 4) is 0 Å². The van der Waals surface area contributed by atoms with Crippen LogP contribution in [0.25, 0.3) is 0 Å². The number of rotatable bonds is 7. The first-order valence-electron chi connectivity index (χ1n) is 5.91. The Balaban J connectivity index is 2.36. The summed E-state index contributed by atoms with van der Waals surface area (Å²) in [6, 6.07) is 0. The third-order valence-corrected chi connectivity index (χ3v) is 4.90. The smallest absolute Gasteiger partial charge is 0.281 e. The molecule has 0 aromatic rings. The summed E-state index contributed by atoms with van der Waals surface area (Å²) < 4.78 is 27.0. The number of nitrogens with zero attached hydrogens (tertiary/aromatic N) is 2. The van der Waals surface area contributed by atoms with Crippen molar-refractivity contribution < 1.29 is 13.5 Å². The highest BCUT2D eigenvalue weighted by Crippen LogP contribution is 2.15. The molecule has 0 atom stereocenters. The van der Waals surface area contributed by atoms with Crippen LogP contribution in [-0.4, -0.2) is 55.4 Å². The van der Waals surface area contributed by atoms with Crippen LogP contribution in [-0.2, 0) is 10.2 Å². The maximum atomic E-state index is 12.0. The van der Waals surface area contributed by atoms with Gasteiger partial charge in [0.15, 0.2) is 0 Å². The first kappa shape index (κ1) is 13.9. The van der Waals surface area contributed by atoms with Gasteiger partial charge in [-0.15, -0.1) is 0 Å². The van der Waals surface area contributed by atoms with Crippen LogP contribution in [0.4, 0.5) is 0 Å². The fourth-order valence-electron chi connectivity index (χ4n) is 1.85. The van der Waals surface area contributed by atoms with Crippen molar-refractivity contribution >= 4 is 10.2 Å². The summed E-state index contributed by atoms with van der Waals surface area (Å²) in [5, 5.41) is 8.62. The Bertz CT molecular complexity index is 286. The third-order valence-electron chi connectivity index (χ3n) is 2.92. The number of aliphatic hydroxyl groups is 1. The first-order chi connectivity index (χ1) is 7.59. The number of hydrogen-bond donors (Lipinski definition) is 1. The molecule has 0 aromatic heterocycles. The fourth-order valence-corrected chi connectivity index (χ4v) is 3.33. The molecule has 1 fully saturated rings. The van der Waals surface area contributed by atoms with Crippen LogP contribution in [0.2, 0.25) is 0 Å². The molecule has 1 aliphatic heterocycles. The fraction of sp³-hybridized carbons (Fsp3) is 1.00. The van der Waals surface area contributed by atoms with Gasteiger partial charge in [0, 0.05) is 33.3 Å². The average Bonchev–Trinajstić information content (AvgIpc) is 2.77. The van der Waals surface area contributed by atoms with Gasteiger partial charge in [0.1, 0.15) is 0 Å². The Morgan fingerprint density at radius 1 is 1.19 bits per heavy atom. The van der Waals surface area contributed by atoms with Gasteiger partial charge in [0.25, 0.3) is 10.2 Å². The van der Waals surface area contributed by atoms with Gasteiger partial charge in [-0.1, -0.05) is 0 Å². The van der Waals surface area contributed by atoms with E-state index in [0.717, 1.165) is 32.1 Å². The lowest BCUT2D eigenvalue weighted by Crippen LogP contribution is -2.40. The molecule has 5 nitrogen and oxygen atoms in total. The lowest BCUT2D eigenvalue weighted by Gasteiger charge is -2.23. The SMILES string of the molecule is CN(CCCCCO)S(=O)(=O)N1CCCC1. The standard InChI is InChI=1S/C10H22N2O3S/c1-11(7-3-2-6-10-13)16(14,15)12-8-4-5-9-12/h13H,2-10H2,1H3. The van der Waals surface area contributed by atoms with Gasteiger partial charge in [0.05, 0.1) is 0 Å². The highest BCUT2D eigenvalue weighted by Gasteiger charge is 2.28. The zero-order valence-corrected chi connectivity index (χ0v) is 10.7. The van der Waals surface area contributed by atoms with Crippen molar-refractivity contribution in [2.24, 2.45) is 0 Å². The highest BCUT2D eigenvalue weighted by molar-refractivity contribution is 7.86. The molecule has 0 amide bonds. The van der Waals surface area contributed by atoms with Crippen LogP contribution < -0.4 is 0 Å². The molecule has 0 spiro atoms. The van der Waals surface area contributed by atoms with E-state index in [0.29, 0.717) is 19.6 Å². The lowest BCUT2D eigenvalue weighted by molar-refractivity contribution is 0.280. The molecule has 1 saturated heterocycles. The molecule has 0 saturated carbocycles. The molecular weight excluding hydrogens is 228 g/mol. The second-order valence-electron chi connectivity index (χ2n) is 4.22. The minimum Gasteiger partial charge on any atom is -0.396 e. The molecule has 0 aromatic carbocycles. The zero-order chi connectivity index (χ0) is 12.0. The topological polar surface area (TPSA) is 60.9 Å². The van der Waals surface area contributed by atoms with Gasteiger partial charge in [-0.05, 0) is 32.1 Å². The van der Waals surface area contributed by atoms with Gasteiger partial charge < -0.3 is 5.11 Å². The summed E-state index contributed by atoms with van der Waals surface area (Å²) in [6.07, 6.45) is 4.37. The van der Waals surface area contributed by atoms with Crippen molar-refractivity contribution in [2.45, 2.75) is 32.1 Å². The maximum Gasteiger partial charge on any atom is 0.281 e. The van der Waals surface area contributed by atoms with Crippen LogP contribution >= 0.6 is 0 Å². The van der Waals surface area contributed by atoms with Crippen LogP contribution in [0.3, 0.4) is 0 Å². The number of hydrogen-bond acceptors (Lipinski definition) is 3. The predicted octanol–water partition coefficient (Wildman–Crippen LogP) is 0.421. The van der Waals surface area contributed by atoms with E-state index in [4.69, 9.17) is 5.11 Å². The molecule has 6 heteroatoms. The van der Waals surface area contributed by atoms with Gasteiger partial charge >= 0.3 is 0 Å². The molecule has 96 valence electrons. The van der Waals surface area contributed by atoms with Crippen molar-refractivity contribution in [3.05, 3.63) is 0 Å².